The van der Waals surface area contributed by atoms with Gasteiger partial charge >= 0.3 is 5.97 Å². The molecule has 22 heavy (non-hydrogen) atoms. The molecular formula is C16H19N3O3. The first-order valence-electron chi connectivity index (χ1n) is 6.95. The number of amides is 1. The smallest absolute Gasteiger partial charge is 0.333 e. The Bertz CT molecular complexity index is 681. The quantitative estimate of drug-likeness (QED) is 0.879. The molecule has 0 aliphatic carbocycles. The van der Waals surface area contributed by atoms with Crippen molar-refractivity contribution in [2.24, 2.45) is 7.05 Å². The lowest BCUT2D eigenvalue weighted by atomic mass is 9.91. The molecule has 2 N–H and O–H groups in total. The van der Waals surface area contributed by atoms with Crippen molar-refractivity contribution >= 4 is 11.9 Å². The predicted octanol–water partition coefficient (Wildman–Crippen LogP) is 1.64. The zero-order valence-electron chi connectivity index (χ0n) is 12.8. The SMILES string of the molecule is CC(C(=O)NC(C)(C(=O)O)c1ccccc1)c1ccnn1C. The van der Waals surface area contributed by atoms with Gasteiger partial charge < -0.3 is 10.4 Å². The van der Waals surface area contributed by atoms with Crippen LogP contribution in [-0.2, 0) is 22.2 Å². The highest BCUT2D eigenvalue weighted by Crippen LogP contribution is 2.23. The fraction of sp³-hybridized carbons (Fsp3) is 0.312. The minimum atomic E-state index is -1.48. The van der Waals surface area contributed by atoms with E-state index in [2.05, 4.69) is 10.4 Å². The van der Waals surface area contributed by atoms with Crippen LogP contribution in [-0.4, -0.2) is 26.8 Å². The maximum absolute atomic E-state index is 12.5. The monoisotopic (exact) mass is 301 g/mol. The van der Waals surface area contributed by atoms with Crippen LogP contribution in [0, 0.1) is 0 Å². The van der Waals surface area contributed by atoms with Gasteiger partial charge in [-0.05, 0) is 25.5 Å². The number of hydrogen-bond donors (Lipinski definition) is 2. The second-order valence-corrected chi connectivity index (χ2v) is 5.39. The van der Waals surface area contributed by atoms with Crippen LogP contribution in [0.25, 0.3) is 0 Å². The van der Waals surface area contributed by atoms with Crippen molar-refractivity contribution in [1.29, 1.82) is 0 Å². The van der Waals surface area contributed by atoms with E-state index in [4.69, 9.17) is 0 Å². The normalized spacial score (nSPS) is 14.9. The van der Waals surface area contributed by atoms with Crippen LogP contribution < -0.4 is 5.32 Å². The van der Waals surface area contributed by atoms with E-state index in [1.807, 2.05) is 0 Å². The van der Waals surface area contributed by atoms with Gasteiger partial charge in [-0.3, -0.25) is 9.48 Å². The standard InChI is InChI=1S/C16H19N3O3/c1-11(13-9-10-17-19(13)3)14(20)18-16(2,15(21)22)12-7-5-4-6-8-12/h4-11H,1-3H3,(H,18,20)(H,21,22). The Morgan fingerprint density at radius 1 is 1.27 bits per heavy atom. The second kappa shape index (κ2) is 6.01. The fourth-order valence-corrected chi connectivity index (χ4v) is 2.32. The van der Waals surface area contributed by atoms with Crippen molar-refractivity contribution in [2.75, 3.05) is 0 Å². The first-order valence-corrected chi connectivity index (χ1v) is 6.95. The van der Waals surface area contributed by atoms with Gasteiger partial charge in [-0.25, -0.2) is 4.79 Å². The van der Waals surface area contributed by atoms with Gasteiger partial charge in [0.1, 0.15) is 0 Å². The lowest BCUT2D eigenvalue weighted by Crippen LogP contribution is -2.50. The minimum Gasteiger partial charge on any atom is -0.479 e. The Hall–Kier alpha value is -2.63. The lowest BCUT2D eigenvalue weighted by Gasteiger charge is -2.28. The van der Waals surface area contributed by atoms with Crippen LogP contribution in [0.15, 0.2) is 42.6 Å². The highest BCUT2D eigenvalue weighted by Gasteiger charge is 2.38. The van der Waals surface area contributed by atoms with E-state index < -0.39 is 17.4 Å². The second-order valence-electron chi connectivity index (χ2n) is 5.39. The molecule has 0 saturated carbocycles. The number of aromatic nitrogens is 2. The molecule has 2 atom stereocenters. The van der Waals surface area contributed by atoms with Crippen molar-refractivity contribution in [3.63, 3.8) is 0 Å². The molecule has 1 amide bonds. The highest BCUT2D eigenvalue weighted by molar-refractivity contribution is 5.90. The number of hydrogen-bond acceptors (Lipinski definition) is 3. The summed E-state index contributed by atoms with van der Waals surface area (Å²) in [6, 6.07) is 10.4. The zero-order valence-corrected chi connectivity index (χ0v) is 12.8. The largest absolute Gasteiger partial charge is 0.479 e. The van der Waals surface area contributed by atoms with Crippen molar-refractivity contribution in [2.45, 2.75) is 25.3 Å². The summed E-state index contributed by atoms with van der Waals surface area (Å²) in [5.74, 6) is -1.98. The van der Waals surface area contributed by atoms with Crippen LogP contribution in [0.2, 0.25) is 0 Å². The molecule has 0 saturated heterocycles. The van der Waals surface area contributed by atoms with Crippen molar-refractivity contribution in [3.8, 4) is 0 Å². The number of aryl methyl sites for hydroxylation is 1. The molecule has 6 heteroatoms. The molecule has 2 aromatic rings. The van der Waals surface area contributed by atoms with E-state index in [0.29, 0.717) is 5.56 Å². The Kier molecular flexibility index (Phi) is 4.30. The first-order chi connectivity index (χ1) is 10.4. The van der Waals surface area contributed by atoms with Crippen molar-refractivity contribution < 1.29 is 14.7 Å². The molecule has 0 spiro atoms. The van der Waals surface area contributed by atoms with E-state index in [9.17, 15) is 14.7 Å². The van der Waals surface area contributed by atoms with Crippen LogP contribution in [0.4, 0.5) is 0 Å². The summed E-state index contributed by atoms with van der Waals surface area (Å²) in [4.78, 5) is 24.2. The third-order valence-electron chi connectivity index (χ3n) is 3.85. The number of nitrogens with zero attached hydrogens (tertiary/aromatic N) is 2. The van der Waals surface area contributed by atoms with E-state index >= 15 is 0 Å². The average Bonchev–Trinajstić information content (AvgIpc) is 2.93. The molecule has 0 bridgehead atoms. The lowest BCUT2D eigenvalue weighted by molar-refractivity contribution is -0.147. The average molecular weight is 301 g/mol. The number of rotatable bonds is 5. The van der Waals surface area contributed by atoms with Gasteiger partial charge in [0.15, 0.2) is 5.54 Å². The van der Waals surface area contributed by atoms with Gasteiger partial charge in [0.2, 0.25) is 5.91 Å². The van der Waals surface area contributed by atoms with Crippen molar-refractivity contribution in [1.82, 2.24) is 15.1 Å². The van der Waals surface area contributed by atoms with Gasteiger partial charge in [0.05, 0.1) is 11.6 Å². The number of carboxylic acid groups (broad SMARTS) is 1. The van der Waals surface area contributed by atoms with E-state index in [-0.39, 0.29) is 5.91 Å². The molecule has 2 unspecified atom stereocenters. The number of carboxylic acids is 1. The van der Waals surface area contributed by atoms with Crippen LogP contribution in [0.5, 0.6) is 0 Å². The Balaban J connectivity index is 2.27. The molecule has 0 aliphatic heterocycles. The molecule has 0 aliphatic rings. The molecule has 0 fully saturated rings. The number of aliphatic carboxylic acids is 1. The number of nitrogens with one attached hydrogen (secondary N) is 1. The molecule has 2 rings (SSSR count). The maximum atomic E-state index is 12.5. The highest BCUT2D eigenvalue weighted by atomic mass is 16.4. The fourth-order valence-electron chi connectivity index (χ4n) is 2.32. The maximum Gasteiger partial charge on any atom is 0.333 e. The molecular weight excluding hydrogens is 282 g/mol. The summed E-state index contributed by atoms with van der Waals surface area (Å²) < 4.78 is 1.60. The van der Waals surface area contributed by atoms with E-state index in [0.717, 1.165) is 5.69 Å². The first kappa shape index (κ1) is 15.8. The Labute approximate surface area is 128 Å². The van der Waals surface area contributed by atoms with Gasteiger partial charge in [0, 0.05) is 13.2 Å². The van der Waals surface area contributed by atoms with Gasteiger partial charge in [0.25, 0.3) is 0 Å². The number of carbonyl (C=O) groups is 2. The summed E-state index contributed by atoms with van der Waals surface area (Å²) in [5, 5.41) is 16.2. The Morgan fingerprint density at radius 3 is 2.41 bits per heavy atom. The number of carbonyl (C=O) groups excluding carboxylic acids is 1. The van der Waals surface area contributed by atoms with Crippen LogP contribution in [0.3, 0.4) is 0 Å². The van der Waals surface area contributed by atoms with Crippen LogP contribution in [0.1, 0.15) is 31.0 Å². The molecule has 1 aromatic carbocycles. The van der Waals surface area contributed by atoms with Crippen LogP contribution >= 0.6 is 0 Å². The predicted molar refractivity (Wildman–Crippen MR) is 81.2 cm³/mol. The molecule has 1 heterocycles. The summed E-state index contributed by atoms with van der Waals surface area (Å²) in [6.45, 7) is 3.21. The summed E-state index contributed by atoms with van der Waals surface area (Å²) in [5.41, 5.74) is -0.239. The zero-order chi connectivity index (χ0) is 16.3. The third kappa shape index (κ3) is 2.86. The van der Waals surface area contributed by atoms with Gasteiger partial charge in [-0.1, -0.05) is 30.3 Å². The third-order valence-corrected chi connectivity index (χ3v) is 3.85. The number of benzene rings is 1. The molecule has 1 aromatic heterocycles. The molecule has 6 nitrogen and oxygen atoms in total. The van der Waals surface area contributed by atoms with E-state index in [1.165, 1.54) is 6.92 Å². The molecule has 0 radical (unpaired) electrons. The summed E-state index contributed by atoms with van der Waals surface area (Å²) in [6.07, 6.45) is 1.60. The Morgan fingerprint density at radius 2 is 1.91 bits per heavy atom. The van der Waals surface area contributed by atoms with E-state index in [1.54, 1.807) is 61.2 Å². The minimum absolute atomic E-state index is 0.364. The van der Waals surface area contributed by atoms with Crippen molar-refractivity contribution in [3.05, 3.63) is 53.9 Å². The topological polar surface area (TPSA) is 84.2 Å². The molecule has 116 valence electrons. The van der Waals surface area contributed by atoms with Gasteiger partial charge in [-0.2, -0.15) is 5.10 Å². The van der Waals surface area contributed by atoms with Gasteiger partial charge in [-0.15, -0.1) is 0 Å². The summed E-state index contributed by atoms with van der Waals surface area (Å²) >= 11 is 0. The summed E-state index contributed by atoms with van der Waals surface area (Å²) in [7, 11) is 1.74.